The van der Waals surface area contributed by atoms with Gasteiger partial charge in [-0.2, -0.15) is 0 Å². The highest BCUT2D eigenvalue weighted by molar-refractivity contribution is 4.94. The predicted octanol–water partition coefficient (Wildman–Crippen LogP) is -2.79. The largest absolute Gasteiger partial charge is 0.394 e. The van der Waals surface area contributed by atoms with Crippen molar-refractivity contribution < 1.29 is 54.7 Å². The summed E-state index contributed by atoms with van der Waals surface area (Å²) in [6.07, 6.45) is -10.4. The Labute approximate surface area is 169 Å². The minimum atomic E-state index is -1.68. The molecule has 0 unspecified atom stereocenters. The van der Waals surface area contributed by atoms with Crippen molar-refractivity contribution in [3.8, 4) is 0 Å². The molecule has 2 aliphatic heterocycles. The van der Waals surface area contributed by atoms with Crippen LogP contribution in [0.4, 0.5) is 0 Å². The molecule has 29 heavy (non-hydrogen) atoms. The summed E-state index contributed by atoms with van der Waals surface area (Å²) in [6.45, 7) is 1.09. The van der Waals surface area contributed by atoms with Crippen LogP contribution in [0.1, 0.15) is 32.6 Å². The lowest BCUT2D eigenvalue weighted by Gasteiger charge is -2.46. The summed E-state index contributed by atoms with van der Waals surface area (Å²) in [5.74, 6) is 0. The molecule has 11 heteroatoms. The molecule has 0 aromatic carbocycles. The highest BCUT2D eigenvalue weighted by Gasteiger charge is 2.50. The SMILES string of the molecule is CCCCCCO[C@@H]1[C@@H](O)[C@H](O[C@H]2O[C@H](CO)[C@@H](O)[C@H](O)[C@H]2O)[C@@H](CO)O[C@H]1O. The predicted molar refractivity (Wildman–Crippen MR) is 96.5 cm³/mol. The van der Waals surface area contributed by atoms with Gasteiger partial charge in [-0.25, -0.2) is 0 Å². The molecule has 2 saturated heterocycles. The van der Waals surface area contributed by atoms with Crippen LogP contribution in [0.5, 0.6) is 0 Å². The summed E-state index contributed by atoms with van der Waals surface area (Å²) in [4.78, 5) is 0. The normalized spacial score (nSPS) is 43.4. The van der Waals surface area contributed by atoms with E-state index in [1.165, 1.54) is 0 Å². The third-order valence-corrected chi connectivity index (χ3v) is 5.26. The Morgan fingerprint density at radius 2 is 1.41 bits per heavy atom. The standard InChI is InChI=1S/C18H34O11/c1-2-3-4-5-6-26-16-14(24)15(10(8-20)27-17(16)25)29-18-13(23)12(22)11(21)9(7-19)28-18/h9-25H,2-8H2,1H3/t9-,10-,11-,12+,13-,14+,15-,16-,17-,18-/m1/s1. The maximum atomic E-state index is 10.7. The minimum absolute atomic E-state index is 0.276. The highest BCUT2D eigenvalue weighted by Crippen LogP contribution is 2.29. The van der Waals surface area contributed by atoms with Gasteiger partial charge in [-0.05, 0) is 6.42 Å². The number of ether oxygens (including phenoxy) is 4. The zero-order valence-electron chi connectivity index (χ0n) is 16.5. The van der Waals surface area contributed by atoms with Crippen LogP contribution >= 0.6 is 0 Å². The lowest BCUT2D eigenvalue weighted by molar-refractivity contribution is -0.358. The van der Waals surface area contributed by atoms with Crippen molar-refractivity contribution in [2.75, 3.05) is 19.8 Å². The third-order valence-electron chi connectivity index (χ3n) is 5.26. The van der Waals surface area contributed by atoms with Gasteiger partial charge in [-0.15, -0.1) is 0 Å². The van der Waals surface area contributed by atoms with Crippen molar-refractivity contribution in [2.24, 2.45) is 0 Å². The summed E-state index contributed by atoms with van der Waals surface area (Å²) in [5.41, 5.74) is 0. The van der Waals surface area contributed by atoms with Crippen LogP contribution in [0.25, 0.3) is 0 Å². The van der Waals surface area contributed by atoms with E-state index in [-0.39, 0.29) is 6.61 Å². The van der Waals surface area contributed by atoms with Gasteiger partial charge in [0, 0.05) is 6.61 Å². The molecule has 2 heterocycles. The average Bonchev–Trinajstić information content (AvgIpc) is 2.71. The van der Waals surface area contributed by atoms with Gasteiger partial charge in [-0.3, -0.25) is 0 Å². The number of aliphatic hydroxyl groups excluding tert-OH is 7. The van der Waals surface area contributed by atoms with Gasteiger partial charge >= 0.3 is 0 Å². The zero-order chi connectivity index (χ0) is 21.6. The first-order chi connectivity index (χ1) is 13.8. The molecule has 0 amide bonds. The van der Waals surface area contributed by atoms with Gasteiger partial charge in [0.25, 0.3) is 0 Å². The molecule has 0 aromatic rings. The van der Waals surface area contributed by atoms with Crippen LogP contribution in [-0.2, 0) is 18.9 Å². The Balaban J connectivity index is 2.03. The van der Waals surface area contributed by atoms with Gasteiger partial charge in [0.05, 0.1) is 13.2 Å². The molecule has 2 rings (SSSR count). The van der Waals surface area contributed by atoms with E-state index < -0.39 is 74.6 Å². The summed E-state index contributed by atoms with van der Waals surface area (Å²) in [5, 5.41) is 69.5. The van der Waals surface area contributed by atoms with Gasteiger partial charge in [0.1, 0.15) is 48.8 Å². The summed E-state index contributed by atoms with van der Waals surface area (Å²) < 4.78 is 21.7. The molecule has 0 radical (unpaired) electrons. The molecule has 10 atom stereocenters. The van der Waals surface area contributed by atoms with E-state index in [4.69, 9.17) is 18.9 Å². The van der Waals surface area contributed by atoms with Crippen molar-refractivity contribution >= 4 is 0 Å². The number of hydrogen-bond donors (Lipinski definition) is 7. The highest BCUT2D eigenvalue weighted by atomic mass is 16.7. The Morgan fingerprint density at radius 1 is 0.724 bits per heavy atom. The molecule has 0 spiro atoms. The fourth-order valence-corrected chi connectivity index (χ4v) is 3.49. The molecular weight excluding hydrogens is 392 g/mol. The van der Waals surface area contributed by atoms with Crippen molar-refractivity contribution in [2.45, 2.75) is 94.0 Å². The van der Waals surface area contributed by atoms with Crippen molar-refractivity contribution in [3.05, 3.63) is 0 Å². The molecule has 0 aromatic heterocycles. The molecule has 172 valence electrons. The maximum absolute atomic E-state index is 10.7. The lowest BCUT2D eigenvalue weighted by Crippen LogP contribution is -2.64. The first kappa shape index (κ1) is 24.8. The minimum Gasteiger partial charge on any atom is -0.394 e. The topological polar surface area (TPSA) is 179 Å². The second kappa shape index (κ2) is 11.8. The van der Waals surface area contributed by atoms with Crippen LogP contribution in [0, 0.1) is 0 Å². The molecule has 7 N–H and O–H groups in total. The summed E-state index contributed by atoms with van der Waals surface area (Å²) in [7, 11) is 0. The van der Waals surface area contributed by atoms with E-state index in [0.717, 1.165) is 25.7 Å². The van der Waals surface area contributed by atoms with E-state index in [1.54, 1.807) is 0 Å². The average molecular weight is 426 g/mol. The van der Waals surface area contributed by atoms with Gasteiger partial charge < -0.3 is 54.7 Å². The fraction of sp³-hybridized carbons (Fsp3) is 1.00. The van der Waals surface area contributed by atoms with Gasteiger partial charge in [-0.1, -0.05) is 26.2 Å². The fourth-order valence-electron chi connectivity index (χ4n) is 3.49. The zero-order valence-corrected chi connectivity index (χ0v) is 16.5. The Hall–Kier alpha value is -0.440. The molecule has 2 fully saturated rings. The van der Waals surface area contributed by atoms with Crippen LogP contribution in [0.3, 0.4) is 0 Å². The second-order valence-electron chi connectivity index (χ2n) is 7.43. The van der Waals surface area contributed by atoms with Crippen molar-refractivity contribution in [3.63, 3.8) is 0 Å². The second-order valence-corrected chi connectivity index (χ2v) is 7.43. The molecule has 2 aliphatic rings. The quantitative estimate of drug-likeness (QED) is 0.180. The summed E-state index contributed by atoms with van der Waals surface area (Å²) >= 11 is 0. The Kier molecular flexibility index (Phi) is 10.1. The molecule has 0 bridgehead atoms. The third kappa shape index (κ3) is 6.05. The van der Waals surface area contributed by atoms with E-state index in [2.05, 4.69) is 6.92 Å². The maximum Gasteiger partial charge on any atom is 0.187 e. The van der Waals surface area contributed by atoms with Crippen molar-refractivity contribution in [1.82, 2.24) is 0 Å². The Bertz CT molecular complexity index is 465. The molecule has 0 aliphatic carbocycles. The van der Waals surface area contributed by atoms with Crippen LogP contribution < -0.4 is 0 Å². The number of rotatable bonds is 10. The molecular formula is C18H34O11. The van der Waals surface area contributed by atoms with Crippen LogP contribution in [-0.4, -0.2) is 117 Å². The molecule has 11 nitrogen and oxygen atoms in total. The van der Waals surface area contributed by atoms with Gasteiger partial charge in [0.15, 0.2) is 12.6 Å². The van der Waals surface area contributed by atoms with Crippen molar-refractivity contribution in [1.29, 1.82) is 0 Å². The lowest BCUT2D eigenvalue weighted by atomic mass is 9.97. The molecule has 0 saturated carbocycles. The number of hydrogen-bond acceptors (Lipinski definition) is 11. The van der Waals surface area contributed by atoms with Crippen LogP contribution in [0.15, 0.2) is 0 Å². The smallest absolute Gasteiger partial charge is 0.187 e. The van der Waals surface area contributed by atoms with E-state index in [0.29, 0.717) is 0 Å². The van der Waals surface area contributed by atoms with Crippen LogP contribution in [0.2, 0.25) is 0 Å². The van der Waals surface area contributed by atoms with E-state index in [9.17, 15) is 35.7 Å². The first-order valence-electron chi connectivity index (χ1n) is 10.1. The van der Waals surface area contributed by atoms with E-state index >= 15 is 0 Å². The first-order valence-corrected chi connectivity index (χ1v) is 10.1. The summed E-state index contributed by atoms with van der Waals surface area (Å²) in [6, 6.07) is 0. The Morgan fingerprint density at radius 3 is 2.03 bits per heavy atom. The van der Waals surface area contributed by atoms with E-state index in [1.807, 2.05) is 0 Å². The monoisotopic (exact) mass is 426 g/mol. The van der Waals surface area contributed by atoms with Gasteiger partial charge in [0.2, 0.25) is 0 Å². The number of aliphatic hydroxyl groups is 7. The number of unbranched alkanes of at least 4 members (excludes halogenated alkanes) is 3.